The molecule has 0 spiro atoms. The number of piperazine rings is 1. The molecule has 2 aromatic carbocycles. The van der Waals surface area contributed by atoms with E-state index in [0.29, 0.717) is 38.7 Å². The number of ether oxygens (including phenoxy) is 3. The summed E-state index contributed by atoms with van der Waals surface area (Å²) in [6, 6.07) is 15.9. The first-order valence-electron chi connectivity index (χ1n) is 13.6. The Morgan fingerprint density at radius 2 is 1.77 bits per heavy atom. The van der Waals surface area contributed by atoms with E-state index in [9.17, 15) is 9.59 Å². The number of benzene rings is 2. The van der Waals surface area contributed by atoms with E-state index in [1.165, 1.54) is 0 Å². The predicted molar refractivity (Wildman–Crippen MR) is 150 cm³/mol. The van der Waals surface area contributed by atoms with Gasteiger partial charge in [-0.3, -0.25) is 14.4 Å². The lowest BCUT2D eigenvalue weighted by Crippen LogP contribution is -2.58. The summed E-state index contributed by atoms with van der Waals surface area (Å²) in [7, 11) is 1.88. The molecule has 1 aliphatic rings. The Hall–Kier alpha value is -3.79. The number of hydrogen-bond acceptors (Lipinski definition) is 8. The smallest absolute Gasteiger partial charge is 0.410 e. The quantitative estimate of drug-likeness (QED) is 0.366. The number of nitrogens with zero attached hydrogens (tertiary/aromatic N) is 4. The van der Waals surface area contributed by atoms with Gasteiger partial charge >= 0.3 is 12.1 Å². The van der Waals surface area contributed by atoms with Crippen LogP contribution in [-0.4, -0.2) is 83.1 Å². The fourth-order valence-corrected chi connectivity index (χ4v) is 5.08. The average Bonchev–Trinajstić information content (AvgIpc) is 3.25. The van der Waals surface area contributed by atoms with Gasteiger partial charge in [0.25, 0.3) is 0 Å². The van der Waals surface area contributed by atoms with E-state index >= 15 is 0 Å². The second kappa shape index (κ2) is 13.3. The minimum atomic E-state index is -0.275. The third-order valence-electron chi connectivity index (χ3n) is 6.93. The Morgan fingerprint density at radius 1 is 1.03 bits per heavy atom. The molecule has 1 amide bonds. The first-order valence-corrected chi connectivity index (χ1v) is 13.6. The molecule has 2 atom stereocenters. The van der Waals surface area contributed by atoms with Gasteiger partial charge in [-0.1, -0.05) is 36.4 Å². The van der Waals surface area contributed by atoms with Crippen LogP contribution >= 0.6 is 0 Å². The standard InChI is InChI=1S/C29H39N5O5/c1-5-37-26(35)14-15-30-28-24-12-9-13-25(27(24)32(4)31-28)38-17-16-34-21(2)18-33(19-22(34)3)29(36)39-20-23-10-7-6-8-11-23/h6-13,21-22H,5,14-20H2,1-4H3,(H,30,31)/t21-,22+. The highest BCUT2D eigenvalue weighted by molar-refractivity contribution is 5.94. The molecule has 0 unspecified atom stereocenters. The molecule has 1 saturated heterocycles. The third kappa shape index (κ3) is 7.20. The van der Waals surface area contributed by atoms with E-state index in [0.717, 1.165) is 28.8 Å². The highest BCUT2D eigenvalue weighted by atomic mass is 16.6. The van der Waals surface area contributed by atoms with E-state index in [4.69, 9.17) is 14.2 Å². The zero-order valence-electron chi connectivity index (χ0n) is 23.3. The van der Waals surface area contributed by atoms with Crippen molar-refractivity contribution in [3.05, 3.63) is 54.1 Å². The van der Waals surface area contributed by atoms with Crippen molar-refractivity contribution < 1.29 is 23.8 Å². The van der Waals surface area contributed by atoms with Gasteiger partial charge in [0, 0.05) is 50.7 Å². The minimum Gasteiger partial charge on any atom is -0.490 e. The van der Waals surface area contributed by atoms with E-state index in [-0.39, 0.29) is 37.2 Å². The normalized spacial score (nSPS) is 17.7. The number of anilines is 1. The second-order valence-electron chi connectivity index (χ2n) is 9.84. The third-order valence-corrected chi connectivity index (χ3v) is 6.93. The van der Waals surface area contributed by atoms with Gasteiger partial charge in [-0.05, 0) is 38.5 Å². The van der Waals surface area contributed by atoms with Gasteiger partial charge in [-0.2, -0.15) is 5.10 Å². The number of aryl methyl sites for hydroxylation is 1. The first kappa shape index (κ1) is 28.2. The van der Waals surface area contributed by atoms with Gasteiger partial charge in [0.15, 0.2) is 5.82 Å². The van der Waals surface area contributed by atoms with Crippen molar-refractivity contribution in [1.82, 2.24) is 19.6 Å². The summed E-state index contributed by atoms with van der Waals surface area (Å²) in [6.07, 6.45) is -0.000708. The van der Waals surface area contributed by atoms with Crippen LogP contribution in [0.25, 0.3) is 10.9 Å². The van der Waals surface area contributed by atoms with Crippen LogP contribution in [0.15, 0.2) is 48.5 Å². The Balaban J connectivity index is 1.29. The SMILES string of the molecule is CCOC(=O)CCNc1nn(C)c2c(OCCN3[C@H](C)CN(C(=O)OCc4ccccc4)C[C@@H]3C)cccc12. The molecular weight excluding hydrogens is 498 g/mol. The number of esters is 1. The molecule has 10 nitrogen and oxygen atoms in total. The van der Waals surface area contributed by atoms with Crippen LogP contribution in [0.3, 0.4) is 0 Å². The molecule has 210 valence electrons. The van der Waals surface area contributed by atoms with Crippen molar-refractivity contribution in [1.29, 1.82) is 0 Å². The van der Waals surface area contributed by atoms with Crippen LogP contribution in [0, 0.1) is 0 Å². The highest BCUT2D eigenvalue weighted by Gasteiger charge is 2.32. The van der Waals surface area contributed by atoms with Crippen LogP contribution in [0.4, 0.5) is 10.6 Å². The van der Waals surface area contributed by atoms with Gasteiger partial charge in [0.1, 0.15) is 24.5 Å². The van der Waals surface area contributed by atoms with Crippen LogP contribution < -0.4 is 10.1 Å². The zero-order chi connectivity index (χ0) is 27.8. The fraction of sp³-hybridized carbons (Fsp3) is 0.483. The Morgan fingerprint density at radius 3 is 2.49 bits per heavy atom. The summed E-state index contributed by atoms with van der Waals surface area (Å²) in [5.41, 5.74) is 1.87. The van der Waals surface area contributed by atoms with Crippen molar-refractivity contribution >= 4 is 28.8 Å². The van der Waals surface area contributed by atoms with Crippen molar-refractivity contribution in [2.75, 3.05) is 44.7 Å². The van der Waals surface area contributed by atoms with Crippen molar-refractivity contribution in [3.8, 4) is 5.75 Å². The number of para-hydroxylation sites is 1. The molecule has 1 N–H and O–H groups in total. The van der Waals surface area contributed by atoms with Crippen LogP contribution in [0.2, 0.25) is 0 Å². The molecular formula is C29H39N5O5. The fourth-order valence-electron chi connectivity index (χ4n) is 5.08. The lowest BCUT2D eigenvalue weighted by atomic mass is 10.1. The highest BCUT2D eigenvalue weighted by Crippen LogP contribution is 2.30. The molecule has 0 bridgehead atoms. The number of rotatable bonds is 11. The summed E-state index contributed by atoms with van der Waals surface area (Å²) >= 11 is 0. The molecule has 4 rings (SSSR count). The maximum absolute atomic E-state index is 12.7. The predicted octanol–water partition coefficient (Wildman–Crippen LogP) is 4.05. The molecule has 0 radical (unpaired) electrons. The number of hydrogen-bond donors (Lipinski definition) is 1. The molecule has 2 heterocycles. The van der Waals surface area contributed by atoms with E-state index in [1.807, 2.05) is 55.6 Å². The minimum absolute atomic E-state index is 0.171. The summed E-state index contributed by atoms with van der Waals surface area (Å²) in [6.45, 7) is 9.59. The maximum Gasteiger partial charge on any atom is 0.410 e. The Kier molecular flexibility index (Phi) is 9.64. The number of carbonyl (C=O) groups excluding carboxylic acids is 2. The average molecular weight is 538 g/mol. The second-order valence-corrected chi connectivity index (χ2v) is 9.84. The van der Waals surface area contributed by atoms with Gasteiger partial charge < -0.3 is 24.4 Å². The lowest BCUT2D eigenvalue weighted by molar-refractivity contribution is -0.142. The molecule has 1 aliphatic heterocycles. The molecule has 0 aliphatic carbocycles. The van der Waals surface area contributed by atoms with Crippen molar-refractivity contribution in [2.24, 2.45) is 7.05 Å². The molecule has 1 aromatic heterocycles. The number of aromatic nitrogens is 2. The summed E-state index contributed by atoms with van der Waals surface area (Å²) < 4.78 is 18.6. The van der Waals surface area contributed by atoms with Crippen LogP contribution in [0.5, 0.6) is 5.75 Å². The lowest BCUT2D eigenvalue weighted by Gasteiger charge is -2.43. The summed E-state index contributed by atoms with van der Waals surface area (Å²) in [5.74, 6) is 1.23. The van der Waals surface area contributed by atoms with Crippen molar-refractivity contribution in [2.45, 2.75) is 45.9 Å². The topological polar surface area (TPSA) is 98.2 Å². The summed E-state index contributed by atoms with van der Waals surface area (Å²) in [5, 5.41) is 8.76. The van der Waals surface area contributed by atoms with E-state index in [2.05, 4.69) is 29.2 Å². The largest absolute Gasteiger partial charge is 0.490 e. The maximum atomic E-state index is 12.7. The molecule has 3 aromatic rings. The zero-order valence-corrected chi connectivity index (χ0v) is 23.3. The van der Waals surface area contributed by atoms with Gasteiger partial charge in [0.05, 0.1) is 13.0 Å². The summed E-state index contributed by atoms with van der Waals surface area (Å²) in [4.78, 5) is 28.5. The van der Waals surface area contributed by atoms with Crippen LogP contribution in [0.1, 0.15) is 32.8 Å². The van der Waals surface area contributed by atoms with E-state index in [1.54, 1.807) is 16.5 Å². The number of nitrogens with one attached hydrogen (secondary N) is 1. The monoisotopic (exact) mass is 537 g/mol. The van der Waals surface area contributed by atoms with Gasteiger partial charge in [0.2, 0.25) is 0 Å². The number of amides is 1. The molecule has 0 saturated carbocycles. The van der Waals surface area contributed by atoms with Crippen molar-refractivity contribution in [3.63, 3.8) is 0 Å². The Labute approximate surface area is 229 Å². The number of fused-ring (bicyclic) bond motifs is 1. The molecule has 1 fully saturated rings. The van der Waals surface area contributed by atoms with Gasteiger partial charge in [-0.15, -0.1) is 0 Å². The molecule has 10 heteroatoms. The Bertz CT molecular complexity index is 1240. The molecule has 39 heavy (non-hydrogen) atoms. The van der Waals surface area contributed by atoms with Gasteiger partial charge in [-0.25, -0.2) is 4.79 Å². The number of carbonyl (C=O) groups is 2. The first-order chi connectivity index (χ1) is 18.9. The van der Waals surface area contributed by atoms with Crippen LogP contribution in [-0.2, 0) is 27.9 Å². The van der Waals surface area contributed by atoms with E-state index < -0.39 is 0 Å².